The van der Waals surface area contributed by atoms with Crippen molar-refractivity contribution in [2.24, 2.45) is 0 Å². The molecule has 0 spiro atoms. The zero-order chi connectivity index (χ0) is 18.4. The van der Waals surface area contributed by atoms with E-state index in [2.05, 4.69) is 15.5 Å². The van der Waals surface area contributed by atoms with Gasteiger partial charge >= 0.3 is 0 Å². The smallest absolute Gasteiger partial charge is 0.277 e. The minimum Gasteiger partial charge on any atom is -0.496 e. The van der Waals surface area contributed by atoms with Gasteiger partial charge in [0.25, 0.3) is 11.1 Å². The maximum Gasteiger partial charge on any atom is 0.277 e. The number of methoxy groups -OCH3 is 1. The van der Waals surface area contributed by atoms with Crippen LogP contribution >= 0.6 is 11.8 Å². The summed E-state index contributed by atoms with van der Waals surface area (Å²) in [5.41, 5.74) is 0.741. The number of thioether (sulfide) groups is 1. The van der Waals surface area contributed by atoms with Crippen LogP contribution in [0.4, 0.5) is 0 Å². The second-order valence-corrected chi connectivity index (χ2v) is 7.82. The van der Waals surface area contributed by atoms with Gasteiger partial charge in [-0.25, -0.2) is 0 Å². The molecule has 7 heteroatoms. The van der Waals surface area contributed by atoms with Crippen LogP contribution in [0, 0.1) is 0 Å². The third-order valence-electron chi connectivity index (χ3n) is 4.59. The zero-order valence-electron chi connectivity index (χ0n) is 15.2. The molecule has 0 radical (unpaired) electrons. The van der Waals surface area contributed by atoms with E-state index in [-0.39, 0.29) is 11.2 Å². The number of ether oxygens (including phenoxy) is 1. The van der Waals surface area contributed by atoms with Gasteiger partial charge in [-0.3, -0.25) is 4.79 Å². The number of hydrogen-bond acceptors (Lipinski definition) is 6. The van der Waals surface area contributed by atoms with Crippen molar-refractivity contribution in [2.75, 3.05) is 7.11 Å². The molecule has 1 amide bonds. The maximum atomic E-state index is 12.5. The quantitative estimate of drug-likeness (QED) is 0.606. The predicted molar refractivity (Wildman–Crippen MR) is 101 cm³/mol. The van der Waals surface area contributed by atoms with Gasteiger partial charge in [-0.2, -0.15) is 0 Å². The van der Waals surface area contributed by atoms with Gasteiger partial charge in [0.2, 0.25) is 5.91 Å². The summed E-state index contributed by atoms with van der Waals surface area (Å²) in [5.74, 6) is 1.09. The highest BCUT2D eigenvalue weighted by Gasteiger charge is 2.22. The monoisotopic (exact) mass is 375 g/mol. The average Bonchev–Trinajstić information content (AvgIpc) is 2.96. The van der Waals surface area contributed by atoms with Gasteiger partial charge < -0.3 is 14.5 Å². The van der Waals surface area contributed by atoms with Gasteiger partial charge in [0, 0.05) is 6.04 Å². The molecule has 0 aliphatic heterocycles. The van der Waals surface area contributed by atoms with Crippen molar-refractivity contribution in [2.45, 2.75) is 62.0 Å². The molecule has 1 N–H and O–H groups in total. The van der Waals surface area contributed by atoms with Crippen molar-refractivity contribution in [1.82, 2.24) is 15.5 Å². The topological polar surface area (TPSA) is 77.2 Å². The van der Waals surface area contributed by atoms with Gasteiger partial charge in [0.1, 0.15) is 5.75 Å². The molecule has 140 valence electrons. The molecule has 0 bridgehead atoms. The largest absolute Gasteiger partial charge is 0.496 e. The highest BCUT2D eigenvalue weighted by Crippen LogP contribution is 2.31. The van der Waals surface area contributed by atoms with Crippen LogP contribution in [0.5, 0.6) is 5.75 Å². The third-order valence-corrected chi connectivity index (χ3v) is 5.53. The number of rotatable bonds is 6. The molecule has 26 heavy (non-hydrogen) atoms. The fraction of sp³-hybridized carbons (Fsp3) is 0.526. The van der Waals surface area contributed by atoms with Gasteiger partial charge in [0.05, 0.1) is 17.9 Å². The molecule has 1 fully saturated rings. The molecule has 0 unspecified atom stereocenters. The lowest BCUT2D eigenvalue weighted by molar-refractivity contribution is -0.121. The molecule has 1 saturated carbocycles. The van der Waals surface area contributed by atoms with Crippen LogP contribution in [-0.4, -0.2) is 34.5 Å². The van der Waals surface area contributed by atoms with Crippen molar-refractivity contribution in [3.8, 4) is 17.2 Å². The van der Waals surface area contributed by atoms with Gasteiger partial charge in [-0.15, -0.1) is 10.2 Å². The number of nitrogens with zero attached hydrogens (tertiary/aromatic N) is 2. The van der Waals surface area contributed by atoms with Crippen molar-refractivity contribution < 1.29 is 13.9 Å². The van der Waals surface area contributed by atoms with E-state index in [0.717, 1.165) is 18.4 Å². The van der Waals surface area contributed by atoms with Crippen LogP contribution in [0.1, 0.15) is 45.4 Å². The lowest BCUT2D eigenvalue weighted by Gasteiger charge is -2.18. The summed E-state index contributed by atoms with van der Waals surface area (Å²) in [6.07, 6.45) is 7.06. The van der Waals surface area contributed by atoms with Crippen molar-refractivity contribution in [3.05, 3.63) is 24.3 Å². The summed E-state index contributed by atoms with van der Waals surface area (Å²) < 4.78 is 11.0. The predicted octanol–water partition coefficient (Wildman–Crippen LogP) is 4.06. The fourth-order valence-electron chi connectivity index (χ4n) is 3.13. The molecule has 6 nitrogen and oxygen atoms in total. The van der Waals surface area contributed by atoms with Crippen LogP contribution < -0.4 is 10.1 Å². The van der Waals surface area contributed by atoms with Crippen molar-refractivity contribution in [3.63, 3.8) is 0 Å². The molecule has 1 aromatic carbocycles. The van der Waals surface area contributed by atoms with Gasteiger partial charge in [0.15, 0.2) is 0 Å². The highest BCUT2D eigenvalue weighted by atomic mass is 32.2. The number of carbonyl (C=O) groups excluding carboxylic acids is 1. The van der Waals surface area contributed by atoms with E-state index in [4.69, 9.17) is 9.15 Å². The number of amides is 1. The maximum absolute atomic E-state index is 12.5. The minimum absolute atomic E-state index is 0.0268. The molecule has 1 aliphatic rings. The first-order chi connectivity index (χ1) is 12.7. The average molecular weight is 375 g/mol. The second-order valence-electron chi connectivity index (χ2n) is 6.53. The molecule has 1 heterocycles. The Balaban J connectivity index is 1.60. The Kier molecular flexibility index (Phi) is 6.55. The number of benzene rings is 1. The first kappa shape index (κ1) is 18.8. The molecule has 3 rings (SSSR count). The van der Waals surface area contributed by atoms with Gasteiger partial charge in [-0.05, 0) is 31.9 Å². The molecular weight excluding hydrogens is 350 g/mol. The Hall–Kier alpha value is -2.02. The summed E-state index contributed by atoms with van der Waals surface area (Å²) in [5, 5.41) is 11.4. The Morgan fingerprint density at radius 1 is 1.23 bits per heavy atom. The molecule has 2 aromatic rings. The summed E-state index contributed by atoms with van der Waals surface area (Å²) in [6.45, 7) is 1.86. The summed E-state index contributed by atoms with van der Waals surface area (Å²) in [4.78, 5) is 12.5. The van der Waals surface area contributed by atoms with Crippen LogP contribution in [0.25, 0.3) is 11.5 Å². The second kappa shape index (κ2) is 9.07. The summed E-state index contributed by atoms with van der Waals surface area (Å²) in [7, 11) is 1.60. The lowest BCUT2D eigenvalue weighted by Crippen LogP contribution is -2.39. The van der Waals surface area contributed by atoms with E-state index in [1.165, 1.54) is 37.4 Å². The van der Waals surface area contributed by atoms with Gasteiger partial charge in [-0.1, -0.05) is 49.6 Å². The molecule has 0 saturated heterocycles. The van der Waals surface area contributed by atoms with Crippen molar-refractivity contribution >= 4 is 17.7 Å². The third kappa shape index (κ3) is 4.78. The molecular formula is C19H25N3O3S. The number of nitrogens with one attached hydrogen (secondary N) is 1. The highest BCUT2D eigenvalue weighted by molar-refractivity contribution is 8.00. The Morgan fingerprint density at radius 2 is 1.96 bits per heavy atom. The summed E-state index contributed by atoms with van der Waals surface area (Å²) in [6, 6.07) is 7.77. The first-order valence-electron chi connectivity index (χ1n) is 9.11. The number of para-hydroxylation sites is 1. The SMILES string of the molecule is COc1ccccc1-c1nnc(S[C@@H](C)C(=O)NC2CCCCCC2)o1. The Bertz CT molecular complexity index is 726. The Morgan fingerprint density at radius 3 is 2.69 bits per heavy atom. The lowest BCUT2D eigenvalue weighted by atomic mass is 10.1. The van der Waals surface area contributed by atoms with Crippen LogP contribution in [-0.2, 0) is 4.79 Å². The van der Waals surface area contributed by atoms with E-state index in [0.29, 0.717) is 22.9 Å². The number of carbonyl (C=O) groups is 1. The van der Waals surface area contributed by atoms with E-state index in [1.807, 2.05) is 31.2 Å². The molecule has 1 atom stereocenters. The normalized spacial score (nSPS) is 16.7. The van der Waals surface area contributed by atoms with E-state index in [1.54, 1.807) is 7.11 Å². The number of hydrogen-bond donors (Lipinski definition) is 1. The first-order valence-corrected chi connectivity index (χ1v) is 9.99. The van der Waals surface area contributed by atoms with E-state index in [9.17, 15) is 4.79 Å². The van der Waals surface area contributed by atoms with Crippen molar-refractivity contribution in [1.29, 1.82) is 0 Å². The zero-order valence-corrected chi connectivity index (χ0v) is 16.1. The van der Waals surface area contributed by atoms with E-state index >= 15 is 0 Å². The number of aromatic nitrogens is 2. The fourth-order valence-corrected chi connectivity index (χ4v) is 3.83. The molecule has 1 aromatic heterocycles. The Labute approximate surface area is 158 Å². The standard InChI is InChI=1S/C19H25N3O3S/c1-13(17(23)20-14-9-5-3-4-6-10-14)26-19-22-21-18(25-19)15-11-7-8-12-16(15)24-2/h7-8,11-14H,3-6,9-10H2,1-2H3,(H,20,23)/t13-/m0/s1. The minimum atomic E-state index is -0.288. The van der Waals surface area contributed by atoms with Crippen LogP contribution in [0.3, 0.4) is 0 Å². The van der Waals surface area contributed by atoms with Crippen LogP contribution in [0.2, 0.25) is 0 Å². The van der Waals surface area contributed by atoms with Crippen LogP contribution in [0.15, 0.2) is 33.9 Å². The summed E-state index contributed by atoms with van der Waals surface area (Å²) >= 11 is 1.28. The molecule has 1 aliphatic carbocycles. The van der Waals surface area contributed by atoms with E-state index < -0.39 is 0 Å².